The maximum atomic E-state index is 12.3. The van der Waals surface area contributed by atoms with Gasteiger partial charge in [-0.3, -0.25) is 25.2 Å². The molecule has 0 radical (unpaired) electrons. The quantitative estimate of drug-likeness (QED) is 0.530. The number of esters is 1. The average molecular weight is 396 g/mol. The van der Waals surface area contributed by atoms with Gasteiger partial charge in [-0.15, -0.1) is 0 Å². The molecule has 0 spiro atoms. The number of fused-ring (bicyclic) bond motifs is 1. The molecule has 3 N–H and O–H groups in total. The number of anilines is 1. The van der Waals surface area contributed by atoms with Gasteiger partial charge in [-0.1, -0.05) is 11.6 Å². The van der Waals surface area contributed by atoms with Crippen LogP contribution in [0.25, 0.3) is 0 Å². The Morgan fingerprint density at radius 2 is 1.78 bits per heavy atom. The molecule has 0 bridgehead atoms. The van der Waals surface area contributed by atoms with Crippen LogP contribution in [0.15, 0.2) is 18.2 Å². The van der Waals surface area contributed by atoms with Crippen LogP contribution in [0.5, 0.6) is 5.75 Å². The summed E-state index contributed by atoms with van der Waals surface area (Å²) in [5.41, 5.74) is 5.59. The number of rotatable bonds is 3. The number of hydrogen-bond acceptors (Lipinski definition) is 6. The first-order valence-electron chi connectivity index (χ1n) is 8.85. The highest BCUT2D eigenvalue weighted by Gasteiger charge is 2.31. The maximum Gasteiger partial charge on any atom is 0.308 e. The van der Waals surface area contributed by atoms with Gasteiger partial charge >= 0.3 is 5.97 Å². The molecule has 0 saturated heterocycles. The second-order valence-corrected chi connectivity index (χ2v) is 7.11. The van der Waals surface area contributed by atoms with Crippen molar-refractivity contribution in [2.45, 2.75) is 31.8 Å². The van der Waals surface area contributed by atoms with Crippen molar-refractivity contribution in [2.24, 2.45) is 11.8 Å². The average Bonchev–Trinajstić information content (AvgIpc) is 2.70. The number of carbonyl (C=O) groups excluding carboxylic acids is 3. The smallest absolute Gasteiger partial charge is 0.308 e. The second-order valence-electron chi connectivity index (χ2n) is 6.68. The van der Waals surface area contributed by atoms with Gasteiger partial charge in [0.05, 0.1) is 25.3 Å². The summed E-state index contributed by atoms with van der Waals surface area (Å²) in [5, 5.41) is 3.65. The molecule has 8 nitrogen and oxygen atoms in total. The highest BCUT2D eigenvalue weighted by molar-refractivity contribution is 6.30. The second kappa shape index (κ2) is 8.47. The normalized spacial score (nSPS) is 23.9. The molecule has 1 unspecified atom stereocenters. The van der Waals surface area contributed by atoms with Crippen molar-refractivity contribution in [3.05, 3.63) is 23.2 Å². The zero-order valence-electron chi connectivity index (χ0n) is 14.9. The van der Waals surface area contributed by atoms with Crippen LogP contribution in [0, 0.1) is 11.8 Å². The zero-order valence-corrected chi connectivity index (χ0v) is 15.7. The van der Waals surface area contributed by atoms with E-state index in [0.29, 0.717) is 36.5 Å². The third-order valence-electron chi connectivity index (χ3n) is 4.92. The minimum atomic E-state index is -0.769. The molecule has 1 aliphatic heterocycles. The minimum absolute atomic E-state index is 0.149. The summed E-state index contributed by atoms with van der Waals surface area (Å²) >= 11 is 5.92. The molecule has 1 heterocycles. The molecule has 1 aliphatic carbocycles. The van der Waals surface area contributed by atoms with Crippen LogP contribution < -0.4 is 20.9 Å². The van der Waals surface area contributed by atoms with Crippen LogP contribution in [0.2, 0.25) is 5.02 Å². The molecule has 3 rings (SSSR count). The zero-order chi connectivity index (χ0) is 19.4. The third kappa shape index (κ3) is 4.63. The van der Waals surface area contributed by atoms with Gasteiger partial charge in [-0.05, 0) is 43.9 Å². The standard InChI is InChI=1S/C18H22ClN3O5/c1-26-18(25)11-4-2-10(3-5-11)16(23)21-22-17(24)15-9-20-13-8-12(19)6-7-14(13)27-15/h6-8,10-11,15,20H,2-5,9H2,1H3,(H,21,23)(H,22,24). The number of methoxy groups -OCH3 is 1. The van der Waals surface area contributed by atoms with Crippen LogP contribution >= 0.6 is 11.6 Å². The molecule has 1 saturated carbocycles. The summed E-state index contributed by atoms with van der Waals surface area (Å²) in [6.45, 7) is 0.263. The number of amides is 2. The molecule has 146 valence electrons. The summed E-state index contributed by atoms with van der Waals surface area (Å²) in [5.74, 6) is -0.797. The first kappa shape index (κ1) is 19.3. The monoisotopic (exact) mass is 395 g/mol. The molecule has 1 atom stereocenters. The molecule has 2 aliphatic rings. The van der Waals surface area contributed by atoms with E-state index >= 15 is 0 Å². The third-order valence-corrected chi connectivity index (χ3v) is 5.16. The predicted octanol–water partition coefficient (Wildman–Crippen LogP) is 1.64. The lowest BCUT2D eigenvalue weighted by Gasteiger charge is -2.28. The Kier molecular flexibility index (Phi) is 6.05. The summed E-state index contributed by atoms with van der Waals surface area (Å²) in [6.07, 6.45) is 1.60. The van der Waals surface area contributed by atoms with Gasteiger partial charge in [-0.2, -0.15) is 0 Å². The van der Waals surface area contributed by atoms with Crippen LogP contribution in [0.4, 0.5) is 5.69 Å². The van der Waals surface area contributed by atoms with E-state index in [9.17, 15) is 14.4 Å². The molecule has 27 heavy (non-hydrogen) atoms. The SMILES string of the molecule is COC(=O)C1CCC(C(=O)NNC(=O)C2CNc3cc(Cl)ccc3O2)CC1. The van der Waals surface area contributed by atoms with Crippen LogP contribution in [-0.4, -0.2) is 37.5 Å². The van der Waals surface area contributed by atoms with Crippen molar-refractivity contribution in [1.29, 1.82) is 0 Å². The fourth-order valence-corrected chi connectivity index (χ4v) is 3.52. The molecular formula is C18H22ClN3O5. The number of nitrogens with one attached hydrogen (secondary N) is 3. The van der Waals surface area contributed by atoms with Crippen molar-refractivity contribution >= 4 is 35.1 Å². The lowest BCUT2D eigenvalue weighted by Crippen LogP contribution is -2.52. The number of carbonyl (C=O) groups is 3. The van der Waals surface area contributed by atoms with E-state index in [2.05, 4.69) is 16.2 Å². The first-order chi connectivity index (χ1) is 13.0. The highest BCUT2D eigenvalue weighted by Crippen LogP contribution is 2.32. The van der Waals surface area contributed by atoms with E-state index in [-0.39, 0.29) is 30.3 Å². The lowest BCUT2D eigenvalue weighted by molar-refractivity contribution is -0.147. The van der Waals surface area contributed by atoms with E-state index in [4.69, 9.17) is 21.1 Å². The Balaban J connectivity index is 1.45. The van der Waals surface area contributed by atoms with Crippen LogP contribution in [0.1, 0.15) is 25.7 Å². The van der Waals surface area contributed by atoms with E-state index in [1.807, 2.05) is 0 Å². The van der Waals surface area contributed by atoms with Gasteiger partial charge < -0.3 is 14.8 Å². The molecule has 9 heteroatoms. The summed E-state index contributed by atoms with van der Waals surface area (Å²) in [6, 6.07) is 5.08. The number of benzene rings is 1. The molecular weight excluding hydrogens is 374 g/mol. The van der Waals surface area contributed by atoms with E-state index in [1.165, 1.54) is 7.11 Å². The van der Waals surface area contributed by atoms with Gasteiger partial charge in [0.15, 0.2) is 6.10 Å². The number of ether oxygens (including phenoxy) is 2. The van der Waals surface area contributed by atoms with Crippen molar-refractivity contribution < 1.29 is 23.9 Å². The Morgan fingerprint density at radius 1 is 1.11 bits per heavy atom. The van der Waals surface area contributed by atoms with Gasteiger partial charge in [0.2, 0.25) is 5.91 Å². The van der Waals surface area contributed by atoms with E-state index < -0.39 is 12.0 Å². The highest BCUT2D eigenvalue weighted by atomic mass is 35.5. The fraction of sp³-hybridized carbons (Fsp3) is 0.500. The van der Waals surface area contributed by atoms with Crippen LogP contribution in [0.3, 0.4) is 0 Å². The van der Waals surface area contributed by atoms with Crippen molar-refractivity contribution in [3.63, 3.8) is 0 Å². The Bertz CT molecular complexity index is 734. The van der Waals surface area contributed by atoms with E-state index in [0.717, 1.165) is 5.69 Å². The molecule has 1 aromatic carbocycles. The van der Waals surface area contributed by atoms with Gasteiger partial charge in [0, 0.05) is 10.9 Å². The Morgan fingerprint density at radius 3 is 2.48 bits per heavy atom. The Labute approximate surface area is 161 Å². The van der Waals surface area contributed by atoms with Crippen molar-refractivity contribution in [3.8, 4) is 5.75 Å². The number of hydrazine groups is 1. The van der Waals surface area contributed by atoms with Crippen LogP contribution in [-0.2, 0) is 19.1 Å². The first-order valence-corrected chi connectivity index (χ1v) is 9.23. The lowest BCUT2D eigenvalue weighted by atomic mass is 9.82. The maximum absolute atomic E-state index is 12.3. The largest absolute Gasteiger partial charge is 0.476 e. The summed E-state index contributed by atoms with van der Waals surface area (Å²) < 4.78 is 10.4. The molecule has 0 aromatic heterocycles. The summed E-state index contributed by atoms with van der Waals surface area (Å²) in [4.78, 5) is 36.1. The van der Waals surface area contributed by atoms with Crippen molar-refractivity contribution in [2.75, 3.05) is 19.0 Å². The van der Waals surface area contributed by atoms with Gasteiger partial charge in [0.1, 0.15) is 5.75 Å². The van der Waals surface area contributed by atoms with E-state index in [1.54, 1.807) is 18.2 Å². The summed E-state index contributed by atoms with van der Waals surface area (Å²) in [7, 11) is 1.37. The topological polar surface area (TPSA) is 106 Å². The number of hydrogen-bond donors (Lipinski definition) is 3. The van der Waals surface area contributed by atoms with Crippen molar-refractivity contribution in [1.82, 2.24) is 10.9 Å². The van der Waals surface area contributed by atoms with Gasteiger partial charge in [0.25, 0.3) is 5.91 Å². The number of halogens is 1. The minimum Gasteiger partial charge on any atom is -0.476 e. The van der Waals surface area contributed by atoms with Gasteiger partial charge in [-0.25, -0.2) is 0 Å². The fourth-order valence-electron chi connectivity index (χ4n) is 3.35. The molecule has 2 amide bonds. The predicted molar refractivity (Wildman–Crippen MR) is 98.1 cm³/mol. The molecule has 1 fully saturated rings. The Hall–Kier alpha value is -2.48. The molecule has 1 aromatic rings.